The summed E-state index contributed by atoms with van der Waals surface area (Å²) < 4.78 is 0. The van der Waals surface area contributed by atoms with E-state index in [2.05, 4.69) is 24.1 Å². The highest BCUT2D eigenvalue weighted by Gasteiger charge is 2.37. The van der Waals surface area contributed by atoms with E-state index in [9.17, 15) is 4.79 Å². The minimum Gasteiger partial charge on any atom is -0.339 e. The molecule has 1 heterocycles. The second kappa shape index (κ2) is 4.49. The molecule has 4 heteroatoms. The zero-order valence-electron chi connectivity index (χ0n) is 10.5. The van der Waals surface area contributed by atoms with Gasteiger partial charge in [-0.05, 0) is 34.4 Å². The Labute approximate surface area is 92.6 Å². The van der Waals surface area contributed by atoms with Crippen LogP contribution in [-0.2, 0) is 4.79 Å². The Balaban J connectivity index is 2.87. The van der Waals surface area contributed by atoms with E-state index in [-0.39, 0.29) is 17.5 Å². The molecule has 0 spiro atoms. The van der Waals surface area contributed by atoms with Crippen molar-refractivity contribution in [1.82, 2.24) is 15.1 Å². The molecule has 0 bridgehead atoms. The molecule has 1 rings (SSSR count). The van der Waals surface area contributed by atoms with Gasteiger partial charge >= 0.3 is 0 Å². The van der Waals surface area contributed by atoms with Crippen LogP contribution in [-0.4, -0.2) is 61.5 Å². The summed E-state index contributed by atoms with van der Waals surface area (Å²) in [4.78, 5) is 16.2. The topological polar surface area (TPSA) is 35.6 Å². The summed E-state index contributed by atoms with van der Waals surface area (Å²) in [6, 6.07) is -0.0261. The lowest BCUT2D eigenvalue weighted by Gasteiger charge is -2.34. The van der Waals surface area contributed by atoms with E-state index < -0.39 is 0 Å². The van der Waals surface area contributed by atoms with Gasteiger partial charge in [-0.3, -0.25) is 9.69 Å². The summed E-state index contributed by atoms with van der Waals surface area (Å²) in [7, 11) is 5.82. The number of nitrogens with zero attached hydrogens (tertiary/aromatic N) is 2. The van der Waals surface area contributed by atoms with Crippen LogP contribution in [0, 0.1) is 0 Å². The SMILES string of the molecule is CNCC1C(=O)N(C)C(C)(C)CCN1C. The van der Waals surface area contributed by atoms with Gasteiger partial charge < -0.3 is 10.2 Å². The fourth-order valence-corrected chi connectivity index (χ4v) is 1.92. The Morgan fingerprint density at radius 2 is 2.07 bits per heavy atom. The Hall–Kier alpha value is -0.610. The molecule has 88 valence electrons. The smallest absolute Gasteiger partial charge is 0.241 e. The molecule has 1 N–H and O–H groups in total. The van der Waals surface area contributed by atoms with Gasteiger partial charge in [0.25, 0.3) is 0 Å². The van der Waals surface area contributed by atoms with E-state index in [1.54, 1.807) is 0 Å². The van der Waals surface area contributed by atoms with Crippen LogP contribution in [0.2, 0.25) is 0 Å². The van der Waals surface area contributed by atoms with Crippen LogP contribution < -0.4 is 5.32 Å². The lowest BCUT2D eigenvalue weighted by Crippen LogP contribution is -2.51. The average Bonchev–Trinajstić information content (AvgIpc) is 2.25. The van der Waals surface area contributed by atoms with Gasteiger partial charge in [0.15, 0.2) is 0 Å². The Kier molecular flexibility index (Phi) is 3.73. The Bertz CT molecular complexity index is 240. The zero-order chi connectivity index (χ0) is 11.6. The van der Waals surface area contributed by atoms with Crippen LogP contribution in [0.25, 0.3) is 0 Å². The molecule has 0 aliphatic carbocycles. The van der Waals surface area contributed by atoms with Gasteiger partial charge in [-0.15, -0.1) is 0 Å². The average molecular weight is 213 g/mol. The van der Waals surface area contributed by atoms with Crippen molar-refractivity contribution in [2.24, 2.45) is 0 Å². The number of amides is 1. The van der Waals surface area contributed by atoms with E-state index in [1.165, 1.54) is 0 Å². The molecule has 0 aromatic rings. The minimum absolute atomic E-state index is 0.0261. The van der Waals surface area contributed by atoms with E-state index >= 15 is 0 Å². The maximum atomic E-state index is 12.2. The third-order valence-electron chi connectivity index (χ3n) is 3.53. The van der Waals surface area contributed by atoms with Gasteiger partial charge in [0, 0.05) is 25.7 Å². The number of likely N-dealkylation sites (N-methyl/N-ethyl adjacent to an activating group) is 3. The van der Waals surface area contributed by atoms with Gasteiger partial charge in [-0.1, -0.05) is 0 Å². The molecule has 4 nitrogen and oxygen atoms in total. The first-order chi connectivity index (χ1) is 6.90. The van der Waals surface area contributed by atoms with Crippen LogP contribution >= 0.6 is 0 Å². The largest absolute Gasteiger partial charge is 0.339 e. The quantitative estimate of drug-likeness (QED) is 0.709. The summed E-state index contributed by atoms with van der Waals surface area (Å²) >= 11 is 0. The van der Waals surface area contributed by atoms with Gasteiger partial charge in [-0.25, -0.2) is 0 Å². The van der Waals surface area contributed by atoms with Gasteiger partial charge in [0.05, 0.1) is 0 Å². The van der Waals surface area contributed by atoms with Crippen LogP contribution in [0.15, 0.2) is 0 Å². The molecular weight excluding hydrogens is 190 g/mol. The number of hydrogen-bond donors (Lipinski definition) is 1. The predicted molar refractivity (Wildman–Crippen MR) is 61.8 cm³/mol. The molecule has 1 saturated heterocycles. The number of hydrogen-bond acceptors (Lipinski definition) is 3. The molecule has 1 unspecified atom stereocenters. The van der Waals surface area contributed by atoms with Crippen molar-refractivity contribution in [1.29, 1.82) is 0 Å². The number of carbonyl (C=O) groups excluding carboxylic acids is 1. The Morgan fingerprint density at radius 1 is 1.47 bits per heavy atom. The highest BCUT2D eigenvalue weighted by Crippen LogP contribution is 2.23. The maximum absolute atomic E-state index is 12.2. The highest BCUT2D eigenvalue weighted by atomic mass is 16.2. The summed E-state index contributed by atoms with van der Waals surface area (Å²) in [5, 5.41) is 3.08. The summed E-state index contributed by atoms with van der Waals surface area (Å²) in [5.41, 5.74) is -0.0339. The molecule has 0 aromatic heterocycles. The van der Waals surface area contributed by atoms with Crippen molar-refractivity contribution >= 4 is 5.91 Å². The third kappa shape index (κ3) is 2.49. The second-order valence-electron chi connectivity index (χ2n) is 5.01. The van der Waals surface area contributed by atoms with Crippen molar-refractivity contribution < 1.29 is 4.79 Å². The standard InChI is InChI=1S/C11H23N3O/c1-11(2)6-7-13(4)9(8-12-3)10(15)14(11)5/h9,12H,6-8H2,1-5H3. The number of carbonyl (C=O) groups is 1. The molecule has 1 aliphatic rings. The fourth-order valence-electron chi connectivity index (χ4n) is 1.92. The maximum Gasteiger partial charge on any atom is 0.241 e. The molecule has 0 saturated carbocycles. The van der Waals surface area contributed by atoms with Crippen molar-refractivity contribution in [3.63, 3.8) is 0 Å². The molecular formula is C11H23N3O. The first-order valence-corrected chi connectivity index (χ1v) is 5.52. The molecule has 15 heavy (non-hydrogen) atoms. The zero-order valence-corrected chi connectivity index (χ0v) is 10.5. The van der Waals surface area contributed by atoms with E-state index in [1.807, 2.05) is 26.0 Å². The van der Waals surface area contributed by atoms with Crippen molar-refractivity contribution in [2.75, 3.05) is 34.2 Å². The summed E-state index contributed by atoms with van der Waals surface area (Å²) in [5.74, 6) is 0.217. The van der Waals surface area contributed by atoms with E-state index in [0.29, 0.717) is 0 Å². The lowest BCUT2D eigenvalue weighted by atomic mass is 9.99. The molecule has 1 aliphatic heterocycles. The minimum atomic E-state index is -0.0339. The first-order valence-electron chi connectivity index (χ1n) is 5.52. The fraction of sp³-hybridized carbons (Fsp3) is 0.909. The highest BCUT2D eigenvalue weighted by molar-refractivity contribution is 5.83. The summed E-state index contributed by atoms with van der Waals surface area (Å²) in [6.07, 6.45) is 1.02. The van der Waals surface area contributed by atoms with Crippen molar-refractivity contribution in [2.45, 2.75) is 31.8 Å². The van der Waals surface area contributed by atoms with Crippen LogP contribution in [0.1, 0.15) is 20.3 Å². The van der Waals surface area contributed by atoms with Crippen molar-refractivity contribution in [3.8, 4) is 0 Å². The van der Waals surface area contributed by atoms with Crippen LogP contribution in [0.3, 0.4) is 0 Å². The second-order valence-corrected chi connectivity index (χ2v) is 5.01. The lowest BCUT2D eigenvalue weighted by molar-refractivity contribution is -0.137. The van der Waals surface area contributed by atoms with Gasteiger partial charge in [0.2, 0.25) is 5.91 Å². The third-order valence-corrected chi connectivity index (χ3v) is 3.53. The Morgan fingerprint density at radius 3 is 2.60 bits per heavy atom. The predicted octanol–water partition coefficient (Wildman–Crippen LogP) is 0.147. The molecule has 1 atom stereocenters. The van der Waals surface area contributed by atoms with E-state index in [0.717, 1.165) is 19.5 Å². The van der Waals surface area contributed by atoms with Gasteiger partial charge in [-0.2, -0.15) is 0 Å². The molecule has 1 fully saturated rings. The van der Waals surface area contributed by atoms with Crippen molar-refractivity contribution in [3.05, 3.63) is 0 Å². The number of rotatable bonds is 2. The normalized spacial score (nSPS) is 27.9. The number of nitrogens with one attached hydrogen (secondary N) is 1. The molecule has 0 aromatic carbocycles. The molecule has 1 amide bonds. The van der Waals surface area contributed by atoms with Crippen LogP contribution in [0.5, 0.6) is 0 Å². The molecule has 0 radical (unpaired) electrons. The van der Waals surface area contributed by atoms with Crippen LogP contribution in [0.4, 0.5) is 0 Å². The monoisotopic (exact) mass is 213 g/mol. The van der Waals surface area contributed by atoms with E-state index in [4.69, 9.17) is 0 Å². The van der Waals surface area contributed by atoms with Gasteiger partial charge in [0.1, 0.15) is 6.04 Å². The summed E-state index contributed by atoms with van der Waals surface area (Å²) in [6.45, 7) is 5.94. The first kappa shape index (κ1) is 12.5.